The average Bonchev–Trinajstić information content (AvgIpc) is 2.40. The fourth-order valence-electron chi connectivity index (χ4n) is 1.81. The summed E-state index contributed by atoms with van der Waals surface area (Å²) in [5.74, 6) is -2.14. The van der Waals surface area contributed by atoms with Gasteiger partial charge in [0.25, 0.3) is 0 Å². The number of nitrogens with two attached hydrogens (primary N) is 1. The molecular formula is C13H9ClF3N3O. The number of nitrogens with zero attached hydrogens (tertiary/aromatic N) is 2. The summed E-state index contributed by atoms with van der Waals surface area (Å²) in [6.45, 7) is 0. The highest BCUT2D eigenvalue weighted by atomic mass is 35.5. The van der Waals surface area contributed by atoms with Gasteiger partial charge in [0.05, 0.1) is 22.0 Å². The number of aromatic nitrogens is 2. The van der Waals surface area contributed by atoms with E-state index >= 15 is 0 Å². The minimum absolute atomic E-state index is 0.0680. The van der Waals surface area contributed by atoms with Gasteiger partial charge in [0, 0.05) is 12.4 Å². The van der Waals surface area contributed by atoms with E-state index in [1.165, 1.54) is 18.3 Å². The zero-order chi connectivity index (χ0) is 15.6. The predicted octanol–water partition coefficient (Wildman–Crippen LogP) is 2.77. The number of carbonyl (C=O) groups excluding carboxylic acids is 1. The van der Waals surface area contributed by atoms with Crippen LogP contribution in [0.5, 0.6) is 0 Å². The molecule has 0 radical (unpaired) electrons. The van der Waals surface area contributed by atoms with Crippen LogP contribution in [0, 0.1) is 0 Å². The zero-order valence-corrected chi connectivity index (χ0v) is 11.2. The minimum Gasteiger partial charge on any atom is -0.369 e. The summed E-state index contributed by atoms with van der Waals surface area (Å²) in [5.41, 5.74) is 4.26. The smallest absolute Gasteiger partial charge is 0.369 e. The third kappa shape index (κ3) is 3.30. The minimum atomic E-state index is -4.55. The number of alkyl halides is 3. The molecule has 2 aromatic heterocycles. The Balaban J connectivity index is 2.55. The molecule has 0 saturated heterocycles. The molecule has 0 aliphatic heterocycles. The van der Waals surface area contributed by atoms with Crippen molar-refractivity contribution in [3.05, 3.63) is 58.6 Å². The Hall–Kier alpha value is -2.15. The standard InChI is InChI=1S/C13H9ClF3N3O/c14-8-2-1-4-20-11(8)10(12(18)21)9-6-7(3-5-19-9)13(15,16)17/h1-6,10H,(H2,18,21). The van der Waals surface area contributed by atoms with Gasteiger partial charge in [-0.25, -0.2) is 0 Å². The normalized spacial score (nSPS) is 13.0. The molecular weight excluding hydrogens is 307 g/mol. The Morgan fingerprint density at radius 2 is 1.95 bits per heavy atom. The van der Waals surface area contributed by atoms with Gasteiger partial charge in [-0.2, -0.15) is 13.2 Å². The number of carbonyl (C=O) groups is 1. The van der Waals surface area contributed by atoms with Crippen LogP contribution in [0.2, 0.25) is 5.02 Å². The van der Waals surface area contributed by atoms with E-state index in [-0.39, 0.29) is 16.4 Å². The lowest BCUT2D eigenvalue weighted by Crippen LogP contribution is -2.25. The molecule has 1 unspecified atom stereocenters. The second kappa shape index (κ2) is 5.69. The molecule has 2 N–H and O–H groups in total. The van der Waals surface area contributed by atoms with Gasteiger partial charge in [-0.05, 0) is 24.3 Å². The maximum Gasteiger partial charge on any atom is 0.416 e. The molecule has 2 heterocycles. The molecule has 2 rings (SSSR count). The molecule has 110 valence electrons. The first-order valence-electron chi connectivity index (χ1n) is 5.73. The highest BCUT2D eigenvalue weighted by Gasteiger charge is 2.33. The topological polar surface area (TPSA) is 68.9 Å². The van der Waals surface area contributed by atoms with Crippen LogP contribution in [0.25, 0.3) is 0 Å². The molecule has 8 heteroatoms. The van der Waals surface area contributed by atoms with Gasteiger partial charge >= 0.3 is 6.18 Å². The van der Waals surface area contributed by atoms with E-state index in [2.05, 4.69) is 9.97 Å². The number of hydrogen-bond donors (Lipinski definition) is 1. The van der Waals surface area contributed by atoms with Crippen LogP contribution >= 0.6 is 11.6 Å². The van der Waals surface area contributed by atoms with Crippen LogP contribution in [-0.2, 0) is 11.0 Å². The molecule has 4 nitrogen and oxygen atoms in total. The number of primary amides is 1. The van der Waals surface area contributed by atoms with Crippen LogP contribution in [0.4, 0.5) is 13.2 Å². The third-order valence-electron chi connectivity index (χ3n) is 2.75. The summed E-state index contributed by atoms with van der Waals surface area (Å²) in [5, 5.41) is 0.125. The van der Waals surface area contributed by atoms with E-state index in [9.17, 15) is 18.0 Å². The summed E-state index contributed by atoms with van der Waals surface area (Å²) >= 11 is 5.92. The SMILES string of the molecule is NC(=O)C(c1cc(C(F)(F)F)ccn1)c1ncccc1Cl. The number of rotatable bonds is 3. The highest BCUT2D eigenvalue weighted by molar-refractivity contribution is 6.31. The van der Waals surface area contributed by atoms with Crippen molar-refractivity contribution >= 4 is 17.5 Å². The molecule has 0 saturated carbocycles. The van der Waals surface area contributed by atoms with Crippen molar-refractivity contribution in [2.75, 3.05) is 0 Å². The van der Waals surface area contributed by atoms with Gasteiger partial charge in [0.15, 0.2) is 0 Å². The second-order valence-electron chi connectivity index (χ2n) is 4.17. The van der Waals surface area contributed by atoms with Crippen molar-refractivity contribution in [3.8, 4) is 0 Å². The van der Waals surface area contributed by atoms with E-state index < -0.39 is 23.6 Å². The summed E-state index contributed by atoms with van der Waals surface area (Å²) in [6.07, 6.45) is -2.22. The van der Waals surface area contributed by atoms with Crippen molar-refractivity contribution in [2.45, 2.75) is 12.1 Å². The number of pyridine rings is 2. The second-order valence-corrected chi connectivity index (χ2v) is 4.58. The van der Waals surface area contributed by atoms with E-state index in [1.54, 1.807) is 0 Å². The first-order chi connectivity index (χ1) is 9.80. The lowest BCUT2D eigenvalue weighted by atomic mass is 9.98. The predicted molar refractivity (Wildman–Crippen MR) is 69.5 cm³/mol. The molecule has 1 amide bonds. The maximum absolute atomic E-state index is 12.7. The summed E-state index contributed by atoms with van der Waals surface area (Å²) in [4.78, 5) is 19.3. The van der Waals surface area contributed by atoms with Crippen LogP contribution < -0.4 is 5.73 Å². The molecule has 0 fully saturated rings. The van der Waals surface area contributed by atoms with Crippen molar-refractivity contribution < 1.29 is 18.0 Å². The lowest BCUT2D eigenvalue weighted by Gasteiger charge is -2.15. The molecule has 0 aliphatic carbocycles. The Kier molecular flexibility index (Phi) is 4.13. The van der Waals surface area contributed by atoms with Crippen LogP contribution in [0.3, 0.4) is 0 Å². The summed E-state index contributed by atoms with van der Waals surface area (Å²) in [6, 6.07) is 4.57. The molecule has 2 aromatic rings. The third-order valence-corrected chi connectivity index (χ3v) is 3.07. The van der Waals surface area contributed by atoms with Gasteiger partial charge in [0.2, 0.25) is 5.91 Å². The van der Waals surface area contributed by atoms with Crippen LogP contribution in [-0.4, -0.2) is 15.9 Å². The Morgan fingerprint density at radius 1 is 1.24 bits per heavy atom. The summed E-state index contributed by atoms with van der Waals surface area (Å²) in [7, 11) is 0. The van der Waals surface area contributed by atoms with E-state index in [0.29, 0.717) is 0 Å². The Labute approximate surface area is 122 Å². The number of amides is 1. The van der Waals surface area contributed by atoms with Gasteiger partial charge < -0.3 is 5.73 Å². The monoisotopic (exact) mass is 315 g/mol. The van der Waals surface area contributed by atoms with Crippen molar-refractivity contribution in [3.63, 3.8) is 0 Å². The number of hydrogen-bond acceptors (Lipinski definition) is 3. The average molecular weight is 316 g/mol. The molecule has 0 spiro atoms. The largest absolute Gasteiger partial charge is 0.416 e. The number of halogens is 4. The fraction of sp³-hybridized carbons (Fsp3) is 0.154. The summed E-state index contributed by atoms with van der Waals surface area (Å²) < 4.78 is 38.2. The first kappa shape index (κ1) is 15.2. The zero-order valence-electron chi connectivity index (χ0n) is 10.4. The van der Waals surface area contributed by atoms with Gasteiger partial charge in [-0.3, -0.25) is 14.8 Å². The Morgan fingerprint density at radius 3 is 2.52 bits per heavy atom. The molecule has 0 aromatic carbocycles. The maximum atomic E-state index is 12.7. The molecule has 0 bridgehead atoms. The van der Waals surface area contributed by atoms with E-state index in [0.717, 1.165) is 18.3 Å². The van der Waals surface area contributed by atoms with Crippen molar-refractivity contribution in [2.24, 2.45) is 5.73 Å². The van der Waals surface area contributed by atoms with Crippen molar-refractivity contribution in [1.82, 2.24) is 9.97 Å². The highest BCUT2D eigenvalue weighted by Crippen LogP contribution is 2.32. The Bertz CT molecular complexity index is 676. The molecule has 0 aliphatic rings. The van der Waals surface area contributed by atoms with Crippen LogP contribution in [0.1, 0.15) is 22.9 Å². The van der Waals surface area contributed by atoms with Gasteiger partial charge in [-0.15, -0.1) is 0 Å². The van der Waals surface area contributed by atoms with E-state index in [4.69, 9.17) is 17.3 Å². The first-order valence-corrected chi connectivity index (χ1v) is 6.11. The van der Waals surface area contributed by atoms with Crippen molar-refractivity contribution in [1.29, 1.82) is 0 Å². The lowest BCUT2D eigenvalue weighted by molar-refractivity contribution is -0.137. The van der Waals surface area contributed by atoms with Crippen LogP contribution in [0.15, 0.2) is 36.7 Å². The fourth-order valence-corrected chi connectivity index (χ4v) is 2.04. The molecule has 21 heavy (non-hydrogen) atoms. The van der Waals surface area contributed by atoms with Gasteiger partial charge in [-0.1, -0.05) is 11.6 Å². The molecule has 1 atom stereocenters. The van der Waals surface area contributed by atoms with E-state index in [1.807, 2.05) is 0 Å². The van der Waals surface area contributed by atoms with Gasteiger partial charge in [0.1, 0.15) is 5.92 Å². The quantitative estimate of drug-likeness (QED) is 0.947.